The van der Waals surface area contributed by atoms with Crippen LogP contribution in [0.3, 0.4) is 0 Å². The molecule has 4 rings (SSSR count). The maximum atomic E-state index is 13.5. The Kier molecular flexibility index (Phi) is 13.6. The molecule has 2 atom stereocenters. The summed E-state index contributed by atoms with van der Waals surface area (Å²) in [5.41, 5.74) is 7.04. The number of nitrogens with two attached hydrogens (primary N) is 1. The molecule has 4 N–H and O–H groups in total. The summed E-state index contributed by atoms with van der Waals surface area (Å²) < 4.78 is 37.8. The molecule has 1 aromatic heterocycles. The van der Waals surface area contributed by atoms with E-state index >= 15 is 0 Å². The normalized spacial score (nSPS) is 19.6. The lowest BCUT2D eigenvalue weighted by atomic mass is 9.95. The number of dihydropyridines is 1. The molecule has 0 bridgehead atoms. The number of amides is 1. The number of halogens is 2. The van der Waals surface area contributed by atoms with E-state index in [1.54, 1.807) is 6.07 Å². The van der Waals surface area contributed by atoms with Crippen LogP contribution in [-0.4, -0.2) is 49.6 Å². The molecule has 2 unspecified atom stereocenters. The van der Waals surface area contributed by atoms with Crippen LogP contribution in [0.2, 0.25) is 0 Å². The van der Waals surface area contributed by atoms with Gasteiger partial charge in [-0.25, -0.2) is 13.8 Å². The summed E-state index contributed by atoms with van der Waals surface area (Å²) in [5, 5.41) is 5.44. The smallest absolute Gasteiger partial charge is 0.261 e. The number of pyridine rings is 1. The molecular formula is C30H38F2N4O3S. The van der Waals surface area contributed by atoms with Gasteiger partial charge in [0.2, 0.25) is 0 Å². The summed E-state index contributed by atoms with van der Waals surface area (Å²) in [6.07, 6.45) is 5.95. The van der Waals surface area contributed by atoms with E-state index < -0.39 is 18.4 Å². The van der Waals surface area contributed by atoms with Gasteiger partial charge in [-0.2, -0.15) is 0 Å². The van der Waals surface area contributed by atoms with Crippen molar-refractivity contribution in [3.05, 3.63) is 58.2 Å². The largest absolute Gasteiger partial charge is 0.495 e. The van der Waals surface area contributed by atoms with Gasteiger partial charge in [-0.1, -0.05) is 50.8 Å². The third-order valence-electron chi connectivity index (χ3n) is 5.87. The molecule has 10 heteroatoms. The first-order chi connectivity index (χ1) is 19.0. The van der Waals surface area contributed by atoms with Crippen LogP contribution < -0.4 is 16.4 Å². The third-order valence-corrected chi connectivity index (χ3v) is 6.71. The van der Waals surface area contributed by atoms with Gasteiger partial charge in [0.25, 0.3) is 12.3 Å². The van der Waals surface area contributed by atoms with Crippen LogP contribution in [0.1, 0.15) is 62.2 Å². The number of ether oxygens (including phenoxy) is 2. The van der Waals surface area contributed by atoms with Crippen LogP contribution in [-0.2, 0) is 9.47 Å². The van der Waals surface area contributed by atoms with Gasteiger partial charge in [0.15, 0.2) is 0 Å². The van der Waals surface area contributed by atoms with E-state index in [0.29, 0.717) is 46.6 Å². The fraction of sp³-hybridized carbons (Fsp3) is 0.467. The molecule has 3 heterocycles. The number of allylic oxidation sites excluding steroid dienone is 2. The van der Waals surface area contributed by atoms with E-state index in [1.807, 2.05) is 13.8 Å². The van der Waals surface area contributed by atoms with Gasteiger partial charge in [-0.3, -0.25) is 4.79 Å². The number of hydrogen-bond acceptors (Lipinski definition) is 7. The Balaban J connectivity index is 0.00000183. The van der Waals surface area contributed by atoms with Crippen LogP contribution in [0.25, 0.3) is 5.57 Å². The highest BCUT2D eigenvalue weighted by atomic mass is 32.2. The van der Waals surface area contributed by atoms with Crippen molar-refractivity contribution in [1.82, 2.24) is 15.6 Å². The van der Waals surface area contributed by atoms with Gasteiger partial charge in [0.1, 0.15) is 17.5 Å². The highest BCUT2D eigenvalue weighted by Crippen LogP contribution is 2.31. The van der Waals surface area contributed by atoms with Gasteiger partial charge >= 0.3 is 0 Å². The van der Waals surface area contributed by atoms with Crippen LogP contribution in [0, 0.1) is 35.5 Å². The molecule has 1 saturated carbocycles. The molecule has 1 aliphatic carbocycles. The second-order valence-corrected chi connectivity index (χ2v) is 9.65. The minimum absolute atomic E-state index is 0. The first-order valence-electron chi connectivity index (χ1n) is 12.9. The lowest BCUT2D eigenvalue weighted by molar-refractivity contribution is 0.0960. The number of nitrogens with one attached hydrogen (secondary N) is 2. The standard InChI is InChI=1S/C27H28F2N4O3S.C2H6.CH4/c1-35-25-14-32-24(26(28)29)11-22(25)21-10-19(6-4-18-8-9-36-15-18)31-13-23(21)27(34)33-16-37-20(12-30)7-5-17-2-3-17;1-2;/h10-14,17-18,24,26,32H,2-3,8-9,15-16,30H2,1H3,(H,33,34);1-2H3;1H4/b20-12-;;. The highest BCUT2D eigenvalue weighted by molar-refractivity contribution is 8.03. The van der Waals surface area contributed by atoms with Gasteiger partial charge in [0.05, 0.1) is 30.1 Å². The minimum Gasteiger partial charge on any atom is -0.495 e. The number of methoxy groups -OCH3 is 1. The van der Waals surface area contributed by atoms with Crippen LogP contribution in [0.5, 0.6) is 0 Å². The Labute approximate surface area is 240 Å². The molecule has 1 amide bonds. The number of alkyl halides is 2. The van der Waals surface area contributed by atoms with E-state index in [9.17, 15) is 13.6 Å². The molecular weight excluding hydrogens is 534 g/mol. The quantitative estimate of drug-likeness (QED) is 0.317. The third kappa shape index (κ3) is 9.32. The van der Waals surface area contributed by atoms with Crippen molar-refractivity contribution in [2.45, 2.75) is 53.0 Å². The monoisotopic (exact) mass is 572 g/mol. The lowest BCUT2D eigenvalue weighted by Crippen LogP contribution is -2.33. The van der Waals surface area contributed by atoms with Crippen molar-refractivity contribution in [2.75, 3.05) is 26.2 Å². The molecule has 40 heavy (non-hydrogen) atoms. The molecule has 0 aromatic carbocycles. The zero-order valence-corrected chi connectivity index (χ0v) is 23.2. The number of nitrogens with zero attached hydrogens (tertiary/aromatic N) is 1. The second-order valence-electron chi connectivity index (χ2n) is 8.63. The van der Waals surface area contributed by atoms with Crippen molar-refractivity contribution >= 4 is 23.2 Å². The average Bonchev–Trinajstić information content (AvgIpc) is 3.65. The maximum absolute atomic E-state index is 13.5. The first-order valence-corrected chi connectivity index (χ1v) is 13.9. The van der Waals surface area contributed by atoms with E-state index in [0.717, 1.165) is 19.3 Å². The molecule has 3 aliphatic rings. The van der Waals surface area contributed by atoms with E-state index in [4.69, 9.17) is 15.2 Å². The number of rotatable bonds is 7. The predicted molar refractivity (Wildman–Crippen MR) is 157 cm³/mol. The van der Waals surface area contributed by atoms with Crippen molar-refractivity contribution in [3.8, 4) is 23.7 Å². The molecule has 7 nitrogen and oxygen atoms in total. The Bertz CT molecular complexity index is 1230. The van der Waals surface area contributed by atoms with Gasteiger partial charge < -0.3 is 25.8 Å². The van der Waals surface area contributed by atoms with Crippen LogP contribution in [0.15, 0.2) is 41.4 Å². The van der Waals surface area contributed by atoms with Gasteiger partial charge in [-0.15, -0.1) is 0 Å². The van der Waals surface area contributed by atoms with Gasteiger partial charge in [-0.05, 0) is 37.3 Å². The van der Waals surface area contributed by atoms with E-state index in [2.05, 4.69) is 39.3 Å². The molecule has 216 valence electrons. The summed E-state index contributed by atoms with van der Waals surface area (Å²) in [5.74, 6) is 13.0. The Hall–Kier alpha value is -3.47. The molecule has 2 aliphatic heterocycles. The van der Waals surface area contributed by atoms with E-state index in [1.165, 1.54) is 43.5 Å². The minimum atomic E-state index is -2.65. The molecule has 1 saturated heterocycles. The number of hydrogen-bond donors (Lipinski definition) is 3. The van der Waals surface area contributed by atoms with Gasteiger partial charge in [0, 0.05) is 48.2 Å². The lowest BCUT2D eigenvalue weighted by Gasteiger charge is -2.23. The van der Waals surface area contributed by atoms with Crippen LogP contribution >= 0.6 is 11.8 Å². The Morgan fingerprint density at radius 2 is 2.10 bits per heavy atom. The molecule has 2 fully saturated rings. The highest BCUT2D eigenvalue weighted by Gasteiger charge is 2.27. The Morgan fingerprint density at radius 3 is 2.73 bits per heavy atom. The summed E-state index contributed by atoms with van der Waals surface area (Å²) in [7, 11) is 1.44. The van der Waals surface area contributed by atoms with Crippen molar-refractivity contribution in [1.29, 1.82) is 0 Å². The zero-order valence-electron chi connectivity index (χ0n) is 22.4. The topological polar surface area (TPSA) is 98.5 Å². The van der Waals surface area contributed by atoms with Crippen molar-refractivity contribution in [2.24, 2.45) is 17.6 Å². The molecule has 0 spiro atoms. The second kappa shape index (κ2) is 16.6. The summed E-state index contributed by atoms with van der Waals surface area (Å²) >= 11 is 1.31. The average molecular weight is 573 g/mol. The maximum Gasteiger partial charge on any atom is 0.261 e. The number of carbonyl (C=O) groups excluding carboxylic acids is 1. The van der Waals surface area contributed by atoms with Crippen molar-refractivity contribution in [3.63, 3.8) is 0 Å². The fourth-order valence-electron chi connectivity index (χ4n) is 3.65. The number of thioether (sulfide) groups is 1. The Morgan fingerprint density at radius 1 is 1.32 bits per heavy atom. The zero-order chi connectivity index (χ0) is 28.2. The summed E-state index contributed by atoms with van der Waals surface area (Å²) in [6.45, 7) is 5.23. The number of aromatic nitrogens is 1. The number of carbonyl (C=O) groups is 1. The predicted octanol–water partition coefficient (Wildman–Crippen LogP) is 4.87. The van der Waals surface area contributed by atoms with Crippen LogP contribution in [0.4, 0.5) is 8.78 Å². The first kappa shape index (κ1) is 32.7. The SMILES string of the molecule is C.CC.COC1=CNC(C(F)F)C=C1c1cc(C#CC2CCOC2)ncc1C(=O)NCS/C(C#CC1CC1)=C\N. The van der Waals surface area contributed by atoms with Crippen molar-refractivity contribution < 1.29 is 23.0 Å². The molecule has 1 aromatic rings. The molecule has 0 radical (unpaired) electrons. The summed E-state index contributed by atoms with van der Waals surface area (Å²) in [6, 6.07) is 0.394. The summed E-state index contributed by atoms with van der Waals surface area (Å²) in [4.78, 5) is 18.2. The van der Waals surface area contributed by atoms with E-state index in [-0.39, 0.29) is 24.8 Å². The fourth-order valence-corrected chi connectivity index (χ4v) is 4.24.